The van der Waals surface area contributed by atoms with E-state index in [1.54, 1.807) is 0 Å². The average molecular weight is 298 g/mol. The third kappa shape index (κ3) is 17.9. The van der Waals surface area contributed by atoms with Crippen LogP contribution in [0.25, 0.3) is 0 Å². The van der Waals surface area contributed by atoms with Crippen molar-refractivity contribution in [1.82, 2.24) is 0 Å². The predicted octanol–water partition coefficient (Wildman–Crippen LogP) is -1.84. The van der Waals surface area contributed by atoms with Crippen molar-refractivity contribution in [3.8, 4) is 0 Å². The molecular formula is H4Mg2YZnZr. The molecule has 0 saturated carbocycles. The summed E-state index contributed by atoms with van der Waals surface area (Å²) in [5.41, 5.74) is 0. The molecule has 0 nitrogen and oxygen atoms in total. The molecule has 17 valence electrons. The Bertz CT molecular complexity index is 9.61. The van der Waals surface area contributed by atoms with E-state index in [4.69, 9.17) is 0 Å². The van der Waals surface area contributed by atoms with Gasteiger partial charge in [0.05, 0.1) is 0 Å². The average Bonchev–Trinajstić information content (AvgIpc) is 0. The van der Waals surface area contributed by atoms with Crippen LogP contribution in [0.4, 0.5) is 0 Å². The summed E-state index contributed by atoms with van der Waals surface area (Å²) in [5, 5.41) is 0. The summed E-state index contributed by atoms with van der Waals surface area (Å²) < 4.78 is 0. The fraction of sp³-hybridized carbons (Fsp3) is 0. The first kappa shape index (κ1) is 35.3. The quantitative estimate of drug-likeness (QED) is 0.461. The maximum Gasteiger partial charge on any atom is 0.316 e. The van der Waals surface area contributed by atoms with E-state index in [0.29, 0.717) is 0 Å². The molecule has 0 atom stereocenters. The van der Waals surface area contributed by atoms with Crippen molar-refractivity contribution in [3.05, 3.63) is 0 Å². The normalized spacial score (nSPS) is 0. The summed E-state index contributed by atoms with van der Waals surface area (Å²) in [7, 11) is 0. The molecule has 0 aliphatic rings. The summed E-state index contributed by atoms with van der Waals surface area (Å²) in [6.07, 6.45) is 0. The van der Waals surface area contributed by atoms with Crippen LogP contribution in [0, 0.1) is 0 Å². The van der Waals surface area contributed by atoms with E-state index in [9.17, 15) is 0 Å². The molecule has 0 rings (SSSR count). The summed E-state index contributed by atoms with van der Waals surface area (Å²) in [6.45, 7) is 0. The van der Waals surface area contributed by atoms with Crippen LogP contribution in [0.3, 0.4) is 0 Å². The molecule has 5 heavy (non-hydrogen) atoms. The molecule has 1 radical (unpaired) electrons. The van der Waals surface area contributed by atoms with Gasteiger partial charge in [0, 0.05) is 78.4 Å². The minimum atomic E-state index is 0. The van der Waals surface area contributed by atoms with E-state index in [1.165, 1.54) is 0 Å². The zero-order valence-corrected chi connectivity index (χ0v) is 10.0. The van der Waals surface area contributed by atoms with Gasteiger partial charge in [0.1, 0.15) is 0 Å². The molecule has 0 aliphatic carbocycles. The van der Waals surface area contributed by atoms with Crippen LogP contribution in [0.15, 0.2) is 0 Å². The summed E-state index contributed by atoms with van der Waals surface area (Å²) in [5.74, 6) is 0. The van der Waals surface area contributed by atoms with Gasteiger partial charge in [-0.1, -0.05) is 0 Å². The van der Waals surface area contributed by atoms with Crippen molar-refractivity contribution in [3.63, 3.8) is 0 Å². The van der Waals surface area contributed by atoms with Gasteiger partial charge in [0.15, 0.2) is 0 Å². The first-order chi connectivity index (χ1) is 0. The van der Waals surface area contributed by atoms with Gasteiger partial charge in [-0.3, -0.25) is 0 Å². The summed E-state index contributed by atoms with van der Waals surface area (Å²) in [6, 6.07) is 0. The molecule has 0 aromatic carbocycles. The number of hydrogen-bond acceptors (Lipinski definition) is 0. The first-order valence-corrected chi connectivity index (χ1v) is 0. The summed E-state index contributed by atoms with van der Waals surface area (Å²) >= 11 is 0. The fourth-order valence-electron chi connectivity index (χ4n) is 0. The van der Waals surface area contributed by atoms with Crippen molar-refractivity contribution in [2.75, 3.05) is 0 Å². The Morgan fingerprint density at radius 1 is 0.800 bits per heavy atom. The number of rotatable bonds is 0. The molecule has 0 saturated heterocycles. The van der Waals surface area contributed by atoms with Crippen LogP contribution in [0.2, 0.25) is 0 Å². The molecule has 0 fully saturated rings. The second-order valence-electron chi connectivity index (χ2n) is 0. The summed E-state index contributed by atoms with van der Waals surface area (Å²) in [4.78, 5) is 0. The minimum absolute atomic E-state index is 0. The Labute approximate surface area is 121 Å². The van der Waals surface area contributed by atoms with E-state index in [0.717, 1.165) is 0 Å². The van der Waals surface area contributed by atoms with Gasteiger partial charge in [0.25, 0.3) is 0 Å². The van der Waals surface area contributed by atoms with Crippen molar-refractivity contribution in [1.29, 1.82) is 0 Å². The third-order valence-electron chi connectivity index (χ3n) is 0. The van der Waals surface area contributed by atoms with Crippen molar-refractivity contribution >= 4 is 46.1 Å². The molecular weight excluding hydrogens is 294 g/mol. The molecule has 0 aromatic rings. The first-order valence-electron chi connectivity index (χ1n) is 0. The maximum absolute atomic E-state index is 0. The molecule has 0 unspecified atom stereocenters. The molecule has 0 heterocycles. The van der Waals surface area contributed by atoms with Gasteiger partial charge in [-0.05, 0) is 0 Å². The van der Waals surface area contributed by atoms with Crippen molar-refractivity contribution in [2.45, 2.75) is 0 Å². The van der Waals surface area contributed by atoms with Crippen LogP contribution >= 0.6 is 0 Å². The van der Waals surface area contributed by atoms with Crippen molar-refractivity contribution in [2.24, 2.45) is 0 Å². The topological polar surface area (TPSA) is 0 Å². The second-order valence-corrected chi connectivity index (χ2v) is 0. The van der Waals surface area contributed by atoms with E-state index in [-0.39, 0.29) is 124 Å². The third-order valence-corrected chi connectivity index (χ3v) is 0. The predicted molar refractivity (Wildman–Crippen MR) is 17.1 cm³/mol. The smallest absolute Gasteiger partial charge is 0 e. The van der Waals surface area contributed by atoms with E-state index in [1.807, 2.05) is 0 Å². The van der Waals surface area contributed by atoms with Gasteiger partial charge in [-0.25, -0.2) is 0 Å². The maximum atomic E-state index is 0. The van der Waals surface area contributed by atoms with Crippen molar-refractivity contribution < 1.29 is 78.4 Å². The largest absolute Gasteiger partial charge is 0.316 e. The zero-order chi connectivity index (χ0) is 0. The molecule has 0 aliphatic heterocycles. The van der Waals surface area contributed by atoms with Gasteiger partial charge < -0.3 is 0 Å². The van der Waals surface area contributed by atoms with Gasteiger partial charge in [0.2, 0.25) is 0 Å². The monoisotopic (exact) mass is 295 g/mol. The van der Waals surface area contributed by atoms with E-state index < -0.39 is 0 Å². The van der Waals surface area contributed by atoms with Crippen LogP contribution in [0.1, 0.15) is 0 Å². The van der Waals surface area contributed by atoms with Crippen LogP contribution in [-0.4, -0.2) is 46.1 Å². The molecule has 0 N–H and O–H groups in total. The minimum Gasteiger partial charge on any atom is 0 e. The van der Waals surface area contributed by atoms with Gasteiger partial charge >= 0.3 is 46.1 Å². The van der Waals surface area contributed by atoms with Gasteiger partial charge in [-0.2, -0.15) is 0 Å². The van der Waals surface area contributed by atoms with Crippen LogP contribution in [-0.2, 0) is 78.4 Å². The van der Waals surface area contributed by atoms with Gasteiger partial charge in [-0.15, -0.1) is 0 Å². The molecule has 0 aromatic heterocycles. The molecule has 0 spiro atoms. The molecule has 0 bridgehead atoms. The Kier molecular flexibility index (Phi) is 171. The zero-order valence-electron chi connectivity index (χ0n) is 1.78. The molecule has 0 amide bonds. The SMILES string of the molecule is [MgH2].[MgH2].[Y].[Zn].[Zr]. The Hall–Kier alpha value is 4.14. The standard InChI is InChI=1S/2Mg.Y.Zn.Zr.4H. The number of hydrogen-bond donors (Lipinski definition) is 0. The Morgan fingerprint density at radius 3 is 0.800 bits per heavy atom. The van der Waals surface area contributed by atoms with E-state index >= 15 is 0 Å². The fourth-order valence-corrected chi connectivity index (χ4v) is 0. The van der Waals surface area contributed by atoms with Crippen LogP contribution < -0.4 is 0 Å². The Morgan fingerprint density at radius 2 is 0.800 bits per heavy atom. The molecule has 5 heteroatoms. The Balaban J connectivity index is 0. The van der Waals surface area contributed by atoms with E-state index in [2.05, 4.69) is 0 Å². The van der Waals surface area contributed by atoms with Crippen LogP contribution in [0.5, 0.6) is 0 Å². The second kappa shape index (κ2) is 24.2.